The van der Waals surface area contributed by atoms with E-state index < -0.39 is 12.8 Å². The van der Waals surface area contributed by atoms with Crippen molar-refractivity contribution in [1.82, 2.24) is 4.98 Å². The molecule has 0 radical (unpaired) electrons. The van der Waals surface area contributed by atoms with Crippen molar-refractivity contribution >= 4 is 12.4 Å². The van der Waals surface area contributed by atoms with E-state index in [1.54, 1.807) is 0 Å². The van der Waals surface area contributed by atoms with Crippen LogP contribution in [0, 0.1) is 0 Å². The monoisotopic (exact) mass is 242 g/mol. The number of rotatable bonds is 3. The number of nitrogens with zero attached hydrogens (tertiary/aromatic N) is 1. The summed E-state index contributed by atoms with van der Waals surface area (Å²) in [4.78, 5) is 3.82. The number of pyridine rings is 1. The first-order valence-electron chi connectivity index (χ1n) is 3.86. The third kappa shape index (κ3) is 5.44. The van der Waals surface area contributed by atoms with Gasteiger partial charge in [-0.25, -0.2) is 0 Å². The van der Waals surface area contributed by atoms with Crippen molar-refractivity contribution < 1.29 is 17.9 Å². The Morgan fingerprint density at radius 1 is 1.40 bits per heavy atom. The third-order valence-corrected chi connectivity index (χ3v) is 1.40. The van der Waals surface area contributed by atoms with E-state index in [0.717, 1.165) is 0 Å². The van der Waals surface area contributed by atoms with Gasteiger partial charge in [0.05, 0.1) is 5.69 Å². The summed E-state index contributed by atoms with van der Waals surface area (Å²) >= 11 is 0. The van der Waals surface area contributed by atoms with Crippen LogP contribution in [0.5, 0.6) is 5.75 Å². The summed E-state index contributed by atoms with van der Waals surface area (Å²) in [6, 6.07) is 2.73. The smallest absolute Gasteiger partial charge is 0.422 e. The summed E-state index contributed by atoms with van der Waals surface area (Å²) in [5.74, 6) is 0.123. The van der Waals surface area contributed by atoms with E-state index in [1.165, 1.54) is 18.3 Å². The third-order valence-electron chi connectivity index (χ3n) is 1.40. The van der Waals surface area contributed by atoms with Gasteiger partial charge < -0.3 is 10.5 Å². The van der Waals surface area contributed by atoms with Gasteiger partial charge >= 0.3 is 6.18 Å². The van der Waals surface area contributed by atoms with Gasteiger partial charge in [-0.15, -0.1) is 12.4 Å². The van der Waals surface area contributed by atoms with Gasteiger partial charge in [0, 0.05) is 18.8 Å². The van der Waals surface area contributed by atoms with Crippen LogP contribution >= 0.6 is 12.4 Å². The van der Waals surface area contributed by atoms with Gasteiger partial charge in [-0.05, 0) is 6.07 Å². The molecule has 0 spiro atoms. The zero-order valence-electron chi connectivity index (χ0n) is 7.62. The molecule has 0 bridgehead atoms. The summed E-state index contributed by atoms with van der Waals surface area (Å²) in [5.41, 5.74) is 5.75. The molecule has 0 unspecified atom stereocenters. The van der Waals surface area contributed by atoms with Crippen molar-refractivity contribution in [3.8, 4) is 5.75 Å². The minimum Gasteiger partial charge on any atom is -0.484 e. The highest BCUT2D eigenvalue weighted by atomic mass is 35.5. The Morgan fingerprint density at radius 3 is 2.60 bits per heavy atom. The number of nitrogens with two attached hydrogens (primary N) is 1. The first-order chi connectivity index (χ1) is 6.51. The zero-order chi connectivity index (χ0) is 10.6. The molecule has 1 aromatic rings. The Balaban J connectivity index is 0.00000196. The fourth-order valence-electron chi connectivity index (χ4n) is 0.823. The average molecular weight is 243 g/mol. The normalized spacial score (nSPS) is 10.7. The van der Waals surface area contributed by atoms with Crippen molar-refractivity contribution in [1.29, 1.82) is 0 Å². The Kier molecular flexibility index (Phi) is 5.38. The molecule has 0 aliphatic heterocycles. The molecule has 3 nitrogen and oxygen atoms in total. The fourth-order valence-corrected chi connectivity index (χ4v) is 0.823. The Labute approximate surface area is 90.8 Å². The first kappa shape index (κ1) is 14.0. The lowest BCUT2D eigenvalue weighted by atomic mass is 10.3. The zero-order valence-corrected chi connectivity index (χ0v) is 8.44. The fraction of sp³-hybridized carbons (Fsp3) is 0.375. The van der Waals surface area contributed by atoms with Crippen molar-refractivity contribution in [3.05, 3.63) is 24.0 Å². The molecule has 1 heterocycles. The highest BCUT2D eigenvalue weighted by Gasteiger charge is 2.28. The molecule has 0 saturated heterocycles. The van der Waals surface area contributed by atoms with Crippen molar-refractivity contribution in [2.24, 2.45) is 5.73 Å². The van der Waals surface area contributed by atoms with Crippen molar-refractivity contribution in [3.63, 3.8) is 0 Å². The van der Waals surface area contributed by atoms with Gasteiger partial charge in [-0.1, -0.05) is 0 Å². The maximum atomic E-state index is 11.8. The van der Waals surface area contributed by atoms with E-state index in [-0.39, 0.29) is 24.7 Å². The summed E-state index contributed by atoms with van der Waals surface area (Å²) in [6.07, 6.45) is -2.97. The minimum atomic E-state index is -4.33. The molecule has 15 heavy (non-hydrogen) atoms. The van der Waals surface area contributed by atoms with Crippen LogP contribution in [0.4, 0.5) is 13.2 Å². The van der Waals surface area contributed by atoms with E-state index in [2.05, 4.69) is 9.72 Å². The summed E-state index contributed by atoms with van der Waals surface area (Å²) in [5, 5.41) is 0. The van der Waals surface area contributed by atoms with E-state index >= 15 is 0 Å². The first-order valence-corrected chi connectivity index (χ1v) is 3.86. The average Bonchev–Trinajstić information content (AvgIpc) is 2.14. The van der Waals surface area contributed by atoms with Gasteiger partial charge in [0.25, 0.3) is 0 Å². The number of halogens is 4. The van der Waals surface area contributed by atoms with Gasteiger partial charge in [-0.2, -0.15) is 13.2 Å². The second-order valence-corrected chi connectivity index (χ2v) is 2.59. The van der Waals surface area contributed by atoms with E-state index in [4.69, 9.17) is 5.73 Å². The Bertz CT molecular complexity index is 306. The van der Waals surface area contributed by atoms with Gasteiger partial charge in [-0.3, -0.25) is 4.98 Å². The predicted molar refractivity (Wildman–Crippen MR) is 50.9 cm³/mol. The molecule has 0 aromatic carbocycles. The molecule has 0 aliphatic rings. The maximum absolute atomic E-state index is 11.8. The van der Waals surface area contributed by atoms with Gasteiger partial charge in [0.2, 0.25) is 0 Å². The second kappa shape index (κ2) is 5.77. The predicted octanol–water partition coefficient (Wildman–Crippen LogP) is 1.90. The van der Waals surface area contributed by atoms with Gasteiger partial charge in [0.1, 0.15) is 5.75 Å². The lowest BCUT2D eigenvalue weighted by Gasteiger charge is -2.09. The Morgan fingerprint density at radius 2 is 2.07 bits per heavy atom. The minimum absolute atomic E-state index is 0. The highest BCUT2D eigenvalue weighted by molar-refractivity contribution is 5.85. The lowest BCUT2D eigenvalue weighted by molar-refractivity contribution is -0.153. The summed E-state index contributed by atoms with van der Waals surface area (Å²) < 4.78 is 39.8. The molecule has 0 amide bonds. The molecule has 0 aliphatic carbocycles. The molecule has 1 aromatic heterocycles. The summed E-state index contributed by atoms with van der Waals surface area (Å²) in [6.45, 7) is -1.13. The molecule has 0 atom stereocenters. The Hall–Kier alpha value is -1.01. The molecule has 0 fully saturated rings. The van der Waals surface area contributed by atoms with Crippen LogP contribution in [0.2, 0.25) is 0 Å². The van der Waals surface area contributed by atoms with E-state index in [1.807, 2.05) is 0 Å². The van der Waals surface area contributed by atoms with Crippen LogP contribution < -0.4 is 10.5 Å². The van der Waals surface area contributed by atoms with Gasteiger partial charge in [0.15, 0.2) is 6.61 Å². The van der Waals surface area contributed by atoms with Crippen LogP contribution in [0.3, 0.4) is 0 Å². The van der Waals surface area contributed by atoms with Crippen molar-refractivity contribution in [2.45, 2.75) is 12.7 Å². The largest absolute Gasteiger partial charge is 0.484 e. The van der Waals surface area contributed by atoms with E-state index in [9.17, 15) is 13.2 Å². The number of hydrogen-bond donors (Lipinski definition) is 1. The molecule has 86 valence electrons. The highest BCUT2D eigenvalue weighted by Crippen LogP contribution is 2.18. The number of aromatic nitrogens is 1. The maximum Gasteiger partial charge on any atom is 0.422 e. The number of ether oxygens (including phenoxy) is 1. The molecular weight excluding hydrogens is 233 g/mol. The molecular formula is C8H10ClF3N2O. The van der Waals surface area contributed by atoms with Crippen LogP contribution in [0.1, 0.15) is 5.69 Å². The molecule has 7 heteroatoms. The van der Waals surface area contributed by atoms with Crippen LogP contribution in [-0.2, 0) is 6.54 Å². The number of alkyl halides is 3. The topological polar surface area (TPSA) is 48.1 Å². The molecule has 2 N–H and O–H groups in total. The SMILES string of the molecule is Cl.NCc1cc(OCC(F)(F)F)ccn1. The quantitative estimate of drug-likeness (QED) is 0.881. The number of hydrogen-bond acceptors (Lipinski definition) is 3. The lowest BCUT2D eigenvalue weighted by Crippen LogP contribution is -2.19. The molecule has 1 rings (SSSR count). The van der Waals surface area contributed by atoms with Crippen LogP contribution in [0.25, 0.3) is 0 Å². The second-order valence-electron chi connectivity index (χ2n) is 2.59. The summed E-state index contributed by atoms with van der Waals surface area (Å²) in [7, 11) is 0. The molecule has 0 saturated carbocycles. The van der Waals surface area contributed by atoms with Crippen LogP contribution in [-0.4, -0.2) is 17.8 Å². The van der Waals surface area contributed by atoms with Crippen molar-refractivity contribution in [2.75, 3.05) is 6.61 Å². The van der Waals surface area contributed by atoms with Crippen LogP contribution in [0.15, 0.2) is 18.3 Å². The standard InChI is InChI=1S/C8H9F3N2O.ClH/c9-8(10,11)5-14-7-1-2-13-6(3-7)4-12;/h1-3H,4-5,12H2;1H. The van der Waals surface area contributed by atoms with E-state index in [0.29, 0.717) is 5.69 Å².